The van der Waals surface area contributed by atoms with Crippen molar-refractivity contribution in [3.63, 3.8) is 0 Å². The minimum Gasteiger partial charge on any atom is -0.481 e. The van der Waals surface area contributed by atoms with Crippen molar-refractivity contribution >= 4 is 5.97 Å². The van der Waals surface area contributed by atoms with Gasteiger partial charge in [-0.25, -0.2) is 0 Å². The van der Waals surface area contributed by atoms with E-state index in [4.69, 9.17) is 4.74 Å². The quantitative estimate of drug-likeness (QED) is 0.857. The number of hydrogen-bond donors (Lipinski definition) is 1. The van der Waals surface area contributed by atoms with E-state index in [2.05, 4.69) is 5.10 Å². The van der Waals surface area contributed by atoms with Gasteiger partial charge in [0, 0.05) is 19.9 Å². The van der Waals surface area contributed by atoms with Crippen LogP contribution in [-0.4, -0.2) is 33.6 Å². The molecule has 1 aromatic heterocycles. The summed E-state index contributed by atoms with van der Waals surface area (Å²) in [5, 5.41) is 13.5. The van der Waals surface area contributed by atoms with Crippen LogP contribution in [0.5, 0.6) is 0 Å². The summed E-state index contributed by atoms with van der Waals surface area (Å²) in [6, 6.07) is 0. The summed E-state index contributed by atoms with van der Waals surface area (Å²) < 4.78 is 7.16. The van der Waals surface area contributed by atoms with Crippen LogP contribution in [0.15, 0.2) is 12.4 Å². The molecule has 1 fully saturated rings. The van der Waals surface area contributed by atoms with Gasteiger partial charge in [-0.3, -0.25) is 9.48 Å². The third-order valence-electron chi connectivity index (χ3n) is 3.74. The van der Waals surface area contributed by atoms with Gasteiger partial charge in [0.1, 0.15) is 0 Å². The highest BCUT2D eigenvalue weighted by Crippen LogP contribution is 2.39. The minimum atomic E-state index is -0.744. The molecule has 0 saturated carbocycles. The second kappa shape index (κ2) is 4.49. The van der Waals surface area contributed by atoms with Crippen molar-refractivity contribution in [1.29, 1.82) is 0 Å². The summed E-state index contributed by atoms with van der Waals surface area (Å²) >= 11 is 0. The Hall–Kier alpha value is -1.36. The standard InChI is InChI=1S/C12H18N2O3/c1-9-12(11(15)16,5-6-17-9)4-3-10-7-13-14(2)8-10/h7-9H,3-6H2,1-2H3,(H,15,16). The summed E-state index contributed by atoms with van der Waals surface area (Å²) in [5.74, 6) is -0.744. The molecule has 2 unspecified atom stereocenters. The van der Waals surface area contributed by atoms with Crippen molar-refractivity contribution < 1.29 is 14.6 Å². The van der Waals surface area contributed by atoms with E-state index in [9.17, 15) is 9.90 Å². The zero-order valence-electron chi connectivity index (χ0n) is 10.2. The number of carboxylic acid groups (broad SMARTS) is 1. The summed E-state index contributed by atoms with van der Waals surface area (Å²) in [5.41, 5.74) is 0.350. The first-order valence-electron chi connectivity index (χ1n) is 5.87. The molecular weight excluding hydrogens is 220 g/mol. The molecule has 1 saturated heterocycles. The molecule has 0 amide bonds. The molecule has 17 heavy (non-hydrogen) atoms. The fourth-order valence-corrected chi connectivity index (χ4v) is 2.46. The molecular formula is C12H18N2O3. The second-order valence-electron chi connectivity index (χ2n) is 4.75. The van der Waals surface area contributed by atoms with Crippen LogP contribution in [0.1, 0.15) is 25.3 Å². The number of carboxylic acids is 1. The van der Waals surface area contributed by atoms with Gasteiger partial charge in [0.25, 0.3) is 0 Å². The van der Waals surface area contributed by atoms with Crippen LogP contribution in [0.4, 0.5) is 0 Å². The SMILES string of the molecule is CC1OCCC1(CCc1cnn(C)c1)C(=O)O. The Morgan fingerprint density at radius 3 is 3.00 bits per heavy atom. The number of aliphatic carboxylic acids is 1. The van der Waals surface area contributed by atoms with Crippen molar-refractivity contribution in [3.8, 4) is 0 Å². The molecule has 1 aliphatic rings. The highest BCUT2D eigenvalue weighted by Gasteiger charge is 2.47. The Bertz CT molecular complexity index is 416. The fourth-order valence-electron chi connectivity index (χ4n) is 2.46. The van der Waals surface area contributed by atoms with Crippen LogP contribution < -0.4 is 0 Å². The van der Waals surface area contributed by atoms with E-state index in [-0.39, 0.29) is 6.10 Å². The van der Waals surface area contributed by atoms with Crippen LogP contribution in [0.3, 0.4) is 0 Å². The van der Waals surface area contributed by atoms with E-state index in [1.807, 2.05) is 20.2 Å². The largest absolute Gasteiger partial charge is 0.481 e. The average Bonchev–Trinajstić information content (AvgIpc) is 2.83. The molecule has 2 atom stereocenters. The predicted octanol–water partition coefficient (Wildman–Crippen LogP) is 1.23. The molecule has 0 aliphatic carbocycles. The topological polar surface area (TPSA) is 64.4 Å². The van der Waals surface area contributed by atoms with Gasteiger partial charge in [0.15, 0.2) is 0 Å². The van der Waals surface area contributed by atoms with Crippen molar-refractivity contribution in [2.45, 2.75) is 32.3 Å². The van der Waals surface area contributed by atoms with Gasteiger partial charge in [-0.05, 0) is 31.7 Å². The smallest absolute Gasteiger partial charge is 0.312 e. The third-order valence-corrected chi connectivity index (χ3v) is 3.74. The van der Waals surface area contributed by atoms with Gasteiger partial charge < -0.3 is 9.84 Å². The first kappa shape index (κ1) is 12.1. The number of aryl methyl sites for hydroxylation is 2. The van der Waals surface area contributed by atoms with Gasteiger partial charge in [-0.1, -0.05) is 0 Å². The predicted molar refractivity (Wildman–Crippen MR) is 61.6 cm³/mol. The molecule has 94 valence electrons. The maximum absolute atomic E-state index is 11.5. The minimum absolute atomic E-state index is 0.211. The van der Waals surface area contributed by atoms with E-state index >= 15 is 0 Å². The zero-order chi connectivity index (χ0) is 12.5. The molecule has 5 heteroatoms. The van der Waals surface area contributed by atoms with Crippen LogP contribution in [0.2, 0.25) is 0 Å². The molecule has 0 aromatic carbocycles. The monoisotopic (exact) mass is 238 g/mol. The van der Waals surface area contributed by atoms with Crippen LogP contribution >= 0.6 is 0 Å². The van der Waals surface area contributed by atoms with Crippen LogP contribution in [0, 0.1) is 5.41 Å². The van der Waals surface area contributed by atoms with Crippen molar-refractivity contribution in [1.82, 2.24) is 9.78 Å². The molecule has 2 heterocycles. The summed E-state index contributed by atoms with van der Waals surface area (Å²) in [7, 11) is 1.86. The van der Waals surface area contributed by atoms with Gasteiger partial charge in [-0.15, -0.1) is 0 Å². The lowest BCUT2D eigenvalue weighted by Gasteiger charge is -2.27. The molecule has 1 aromatic rings. The first-order valence-corrected chi connectivity index (χ1v) is 5.87. The number of ether oxygens (including phenoxy) is 1. The van der Waals surface area contributed by atoms with E-state index in [0.29, 0.717) is 19.4 Å². The van der Waals surface area contributed by atoms with E-state index in [0.717, 1.165) is 12.0 Å². The second-order valence-corrected chi connectivity index (χ2v) is 4.75. The highest BCUT2D eigenvalue weighted by atomic mass is 16.5. The molecule has 5 nitrogen and oxygen atoms in total. The molecule has 2 rings (SSSR count). The lowest BCUT2D eigenvalue weighted by atomic mass is 9.77. The Kier molecular flexibility index (Phi) is 3.19. The van der Waals surface area contributed by atoms with E-state index in [1.54, 1.807) is 10.9 Å². The zero-order valence-corrected chi connectivity index (χ0v) is 10.2. The van der Waals surface area contributed by atoms with Crippen molar-refractivity contribution in [2.24, 2.45) is 12.5 Å². The lowest BCUT2D eigenvalue weighted by molar-refractivity contribution is -0.152. The lowest BCUT2D eigenvalue weighted by Crippen LogP contribution is -2.37. The number of rotatable bonds is 4. The summed E-state index contributed by atoms with van der Waals surface area (Å²) in [4.78, 5) is 11.5. The maximum atomic E-state index is 11.5. The fraction of sp³-hybridized carbons (Fsp3) is 0.667. The molecule has 1 aliphatic heterocycles. The number of hydrogen-bond acceptors (Lipinski definition) is 3. The number of nitrogens with zero attached hydrogens (tertiary/aromatic N) is 2. The summed E-state index contributed by atoms with van der Waals surface area (Å²) in [6.07, 6.45) is 5.44. The van der Waals surface area contributed by atoms with Crippen molar-refractivity contribution in [2.75, 3.05) is 6.61 Å². The Morgan fingerprint density at radius 1 is 1.76 bits per heavy atom. The number of carbonyl (C=O) groups is 1. The maximum Gasteiger partial charge on any atom is 0.312 e. The highest BCUT2D eigenvalue weighted by molar-refractivity contribution is 5.75. The molecule has 0 radical (unpaired) electrons. The van der Waals surface area contributed by atoms with E-state index in [1.165, 1.54) is 0 Å². The number of aromatic nitrogens is 2. The van der Waals surface area contributed by atoms with Crippen LogP contribution in [0.25, 0.3) is 0 Å². The van der Waals surface area contributed by atoms with Gasteiger partial charge in [-0.2, -0.15) is 5.10 Å². The third kappa shape index (κ3) is 2.20. The normalized spacial score (nSPS) is 28.5. The van der Waals surface area contributed by atoms with Gasteiger partial charge in [0.2, 0.25) is 0 Å². The van der Waals surface area contributed by atoms with Crippen LogP contribution in [-0.2, 0) is 23.0 Å². The van der Waals surface area contributed by atoms with E-state index < -0.39 is 11.4 Å². The first-order chi connectivity index (χ1) is 8.04. The molecule has 1 N–H and O–H groups in total. The van der Waals surface area contributed by atoms with Crippen molar-refractivity contribution in [3.05, 3.63) is 18.0 Å². The molecule has 0 bridgehead atoms. The molecule has 0 spiro atoms. The Balaban J connectivity index is 2.06. The van der Waals surface area contributed by atoms with Gasteiger partial charge >= 0.3 is 5.97 Å². The Morgan fingerprint density at radius 2 is 2.53 bits per heavy atom. The Labute approximate surface area is 100 Å². The summed E-state index contributed by atoms with van der Waals surface area (Å²) in [6.45, 7) is 2.39. The average molecular weight is 238 g/mol. The van der Waals surface area contributed by atoms with Gasteiger partial charge in [0.05, 0.1) is 17.7 Å².